The first-order chi connectivity index (χ1) is 12.7. The van der Waals surface area contributed by atoms with Crippen LogP contribution in [0.15, 0.2) is 29.4 Å². The lowest BCUT2D eigenvalue weighted by Crippen LogP contribution is -2.10. The van der Waals surface area contributed by atoms with Gasteiger partial charge in [-0.05, 0) is 53.8 Å². The monoisotopic (exact) mass is 494 g/mol. The average molecular weight is 494 g/mol. The molecule has 0 saturated carbocycles. The van der Waals surface area contributed by atoms with Crippen LogP contribution in [0, 0.1) is 21.0 Å². The van der Waals surface area contributed by atoms with Crippen LogP contribution in [0.5, 0.6) is 0 Å². The SMILES string of the molecule is CC(O)CON=Cc1cc(C(=O)O)c(Nc2ccc(I)cc2F)c(F)c1F. The zero-order chi connectivity index (χ0) is 20.1. The molecule has 0 fully saturated rings. The zero-order valence-electron chi connectivity index (χ0n) is 13.8. The lowest BCUT2D eigenvalue weighted by Gasteiger charge is -2.13. The number of nitrogens with one attached hydrogen (secondary N) is 1. The third-order valence-corrected chi connectivity index (χ3v) is 3.91. The van der Waals surface area contributed by atoms with Crippen LogP contribution in [0.3, 0.4) is 0 Å². The van der Waals surface area contributed by atoms with E-state index in [9.17, 15) is 23.1 Å². The molecule has 2 rings (SSSR count). The van der Waals surface area contributed by atoms with Crippen molar-refractivity contribution in [2.75, 3.05) is 11.9 Å². The number of benzene rings is 2. The van der Waals surface area contributed by atoms with E-state index < -0.39 is 46.3 Å². The average Bonchev–Trinajstić information content (AvgIpc) is 2.58. The van der Waals surface area contributed by atoms with Crippen molar-refractivity contribution in [1.82, 2.24) is 0 Å². The molecule has 10 heteroatoms. The summed E-state index contributed by atoms with van der Waals surface area (Å²) in [6.07, 6.45) is -0.0450. The van der Waals surface area contributed by atoms with E-state index in [1.54, 1.807) is 0 Å². The van der Waals surface area contributed by atoms with Crippen LogP contribution in [-0.2, 0) is 4.84 Å². The maximum absolute atomic E-state index is 14.4. The molecule has 27 heavy (non-hydrogen) atoms. The molecule has 0 heterocycles. The van der Waals surface area contributed by atoms with Crippen LogP contribution < -0.4 is 5.32 Å². The van der Waals surface area contributed by atoms with Crippen molar-refractivity contribution >= 4 is 46.1 Å². The lowest BCUT2D eigenvalue weighted by atomic mass is 10.1. The van der Waals surface area contributed by atoms with Crippen LogP contribution in [0.2, 0.25) is 0 Å². The van der Waals surface area contributed by atoms with Crippen LogP contribution in [-0.4, -0.2) is 35.1 Å². The molecular weight excluding hydrogens is 480 g/mol. The van der Waals surface area contributed by atoms with Gasteiger partial charge in [0, 0.05) is 9.13 Å². The summed E-state index contributed by atoms with van der Waals surface area (Å²) in [5.74, 6) is -5.21. The molecule has 0 amide bonds. The smallest absolute Gasteiger partial charge is 0.337 e. The largest absolute Gasteiger partial charge is 0.478 e. The summed E-state index contributed by atoms with van der Waals surface area (Å²) in [5.41, 5.74) is -2.03. The summed E-state index contributed by atoms with van der Waals surface area (Å²) in [7, 11) is 0. The van der Waals surface area contributed by atoms with Crippen LogP contribution >= 0.6 is 22.6 Å². The summed E-state index contributed by atoms with van der Waals surface area (Å²) < 4.78 is 43.2. The molecule has 144 valence electrons. The number of carboxylic acids is 1. The molecule has 0 aliphatic carbocycles. The predicted octanol–water partition coefficient (Wildman–Crippen LogP) is 3.88. The zero-order valence-corrected chi connectivity index (χ0v) is 16.0. The van der Waals surface area contributed by atoms with Crippen LogP contribution in [0.25, 0.3) is 0 Å². The second kappa shape index (κ2) is 9.04. The number of oxime groups is 1. The lowest BCUT2D eigenvalue weighted by molar-refractivity contribution is 0.0508. The van der Waals surface area contributed by atoms with Gasteiger partial charge in [-0.1, -0.05) is 5.16 Å². The fraction of sp³-hybridized carbons (Fsp3) is 0.176. The number of nitrogens with zero attached hydrogens (tertiary/aromatic N) is 1. The molecule has 0 bridgehead atoms. The highest BCUT2D eigenvalue weighted by Gasteiger charge is 2.23. The van der Waals surface area contributed by atoms with Gasteiger partial charge in [-0.25, -0.2) is 18.0 Å². The van der Waals surface area contributed by atoms with E-state index in [1.165, 1.54) is 19.1 Å². The van der Waals surface area contributed by atoms with Gasteiger partial charge in [-0.3, -0.25) is 0 Å². The van der Waals surface area contributed by atoms with E-state index in [2.05, 4.69) is 15.3 Å². The van der Waals surface area contributed by atoms with E-state index in [0.29, 0.717) is 3.57 Å². The Kier molecular flexibility index (Phi) is 7.02. The molecule has 3 N–H and O–H groups in total. The molecule has 2 aromatic rings. The summed E-state index contributed by atoms with van der Waals surface area (Å²) in [4.78, 5) is 16.1. The standard InChI is InChI=1S/C17H14F3IN2O4/c1-8(24)7-27-22-6-9-4-11(17(25)26)16(15(20)14(9)19)23-13-3-2-10(21)5-12(13)18/h2-6,8,23-24H,7H2,1H3,(H,25,26). The van der Waals surface area contributed by atoms with E-state index in [4.69, 9.17) is 5.11 Å². The molecule has 0 aliphatic rings. The van der Waals surface area contributed by atoms with E-state index in [1.807, 2.05) is 22.6 Å². The summed E-state index contributed by atoms with van der Waals surface area (Å²) in [5, 5.41) is 24.0. The Bertz CT molecular complexity index is 891. The quantitative estimate of drug-likeness (QED) is 0.309. The minimum Gasteiger partial charge on any atom is -0.478 e. The number of anilines is 2. The molecule has 0 aromatic heterocycles. The van der Waals surface area contributed by atoms with Gasteiger partial charge in [0.2, 0.25) is 0 Å². The second-order valence-electron chi connectivity index (χ2n) is 5.45. The van der Waals surface area contributed by atoms with Crippen molar-refractivity contribution in [3.05, 3.63) is 56.4 Å². The first-order valence-corrected chi connectivity index (χ1v) is 8.59. The maximum Gasteiger partial charge on any atom is 0.337 e. The van der Waals surface area contributed by atoms with Gasteiger partial charge in [-0.15, -0.1) is 0 Å². The van der Waals surface area contributed by atoms with Crippen LogP contribution in [0.4, 0.5) is 24.5 Å². The van der Waals surface area contributed by atoms with Gasteiger partial charge in [0.05, 0.1) is 29.3 Å². The van der Waals surface area contributed by atoms with E-state index >= 15 is 0 Å². The molecule has 0 radical (unpaired) electrons. The molecule has 2 aromatic carbocycles. The molecule has 6 nitrogen and oxygen atoms in total. The van der Waals surface area contributed by atoms with Crippen molar-refractivity contribution in [3.8, 4) is 0 Å². The van der Waals surface area contributed by atoms with Crippen molar-refractivity contribution < 1.29 is 33.0 Å². The van der Waals surface area contributed by atoms with Crippen molar-refractivity contribution in [2.45, 2.75) is 13.0 Å². The molecule has 0 saturated heterocycles. The second-order valence-corrected chi connectivity index (χ2v) is 6.70. The summed E-state index contributed by atoms with van der Waals surface area (Å²) in [6, 6.07) is 4.78. The molecule has 0 aliphatic heterocycles. The van der Waals surface area contributed by atoms with Crippen molar-refractivity contribution in [3.63, 3.8) is 0 Å². The minimum absolute atomic E-state index is 0.182. The van der Waals surface area contributed by atoms with Gasteiger partial charge >= 0.3 is 5.97 Å². The third-order valence-electron chi connectivity index (χ3n) is 3.24. The number of carboxylic acid groups (broad SMARTS) is 1. The fourth-order valence-electron chi connectivity index (χ4n) is 2.00. The van der Waals surface area contributed by atoms with Gasteiger partial charge in [0.15, 0.2) is 11.6 Å². The Hall–Kier alpha value is -2.34. The van der Waals surface area contributed by atoms with E-state index in [-0.39, 0.29) is 12.3 Å². The Morgan fingerprint density at radius 3 is 2.63 bits per heavy atom. The molecular formula is C17H14F3IN2O4. The minimum atomic E-state index is -1.55. The Morgan fingerprint density at radius 1 is 1.33 bits per heavy atom. The van der Waals surface area contributed by atoms with E-state index in [0.717, 1.165) is 18.3 Å². The van der Waals surface area contributed by atoms with Crippen molar-refractivity contribution in [2.24, 2.45) is 5.16 Å². The topological polar surface area (TPSA) is 91.2 Å². The van der Waals surface area contributed by atoms with Gasteiger partial charge in [-0.2, -0.15) is 0 Å². The number of hydrogen-bond acceptors (Lipinski definition) is 5. The first-order valence-electron chi connectivity index (χ1n) is 7.51. The highest BCUT2D eigenvalue weighted by atomic mass is 127. The molecule has 1 atom stereocenters. The predicted molar refractivity (Wildman–Crippen MR) is 101 cm³/mol. The van der Waals surface area contributed by atoms with Crippen LogP contribution in [0.1, 0.15) is 22.8 Å². The molecule has 0 spiro atoms. The summed E-state index contributed by atoms with van der Waals surface area (Å²) in [6.45, 7) is 1.25. The Balaban J connectivity index is 2.43. The van der Waals surface area contributed by atoms with Gasteiger partial charge in [0.25, 0.3) is 0 Å². The number of hydrogen-bond donors (Lipinski definition) is 3. The third kappa shape index (κ3) is 5.32. The highest BCUT2D eigenvalue weighted by molar-refractivity contribution is 14.1. The number of carbonyl (C=O) groups is 1. The normalized spacial score (nSPS) is 12.2. The maximum atomic E-state index is 14.4. The number of aromatic carboxylic acids is 1. The van der Waals surface area contributed by atoms with Gasteiger partial charge in [0.1, 0.15) is 12.4 Å². The Labute approximate surface area is 165 Å². The number of aliphatic hydroxyl groups excluding tert-OH is 1. The number of aliphatic hydroxyl groups is 1. The molecule has 1 unspecified atom stereocenters. The summed E-state index contributed by atoms with van der Waals surface area (Å²) >= 11 is 1.87. The van der Waals surface area contributed by atoms with Crippen molar-refractivity contribution in [1.29, 1.82) is 0 Å². The number of rotatable bonds is 7. The highest BCUT2D eigenvalue weighted by Crippen LogP contribution is 2.30. The fourth-order valence-corrected chi connectivity index (χ4v) is 2.45. The number of halogens is 4. The van der Waals surface area contributed by atoms with Gasteiger partial charge < -0.3 is 20.4 Å². The first kappa shape index (κ1) is 21.0. The Morgan fingerprint density at radius 2 is 2.04 bits per heavy atom.